The topological polar surface area (TPSA) is 30.5 Å². The molecule has 0 heterocycles. The van der Waals surface area contributed by atoms with E-state index in [1.54, 1.807) is 0 Å². The molecule has 0 atom stereocenters. The minimum atomic E-state index is -0.219. The van der Waals surface area contributed by atoms with E-state index in [0.29, 0.717) is 19.8 Å². The van der Waals surface area contributed by atoms with E-state index in [0.717, 1.165) is 5.69 Å². The largest absolute Gasteiger partial charge is 0.379 e. The maximum absolute atomic E-state index is 5.56. The van der Waals surface area contributed by atoms with Crippen molar-refractivity contribution in [1.29, 1.82) is 0 Å². The summed E-state index contributed by atoms with van der Waals surface area (Å²) in [7, 11) is 0. The van der Waals surface area contributed by atoms with Crippen molar-refractivity contribution < 1.29 is 9.47 Å². The van der Waals surface area contributed by atoms with Crippen LogP contribution in [0.1, 0.15) is 13.8 Å². The summed E-state index contributed by atoms with van der Waals surface area (Å²) in [4.78, 5) is 0. The third-order valence-corrected chi connectivity index (χ3v) is 3.18. The molecule has 0 saturated heterocycles. The number of rotatable bonds is 8. The van der Waals surface area contributed by atoms with Gasteiger partial charge in [-0.05, 0) is 25.5 Å². The van der Waals surface area contributed by atoms with Gasteiger partial charge in [-0.1, -0.05) is 48.5 Å². The van der Waals surface area contributed by atoms with Gasteiger partial charge in [0.1, 0.15) is 0 Å². The first-order valence-corrected chi connectivity index (χ1v) is 7.46. The molecule has 0 fully saturated rings. The average Bonchev–Trinajstić information content (AvgIpc) is 2.54. The van der Waals surface area contributed by atoms with Crippen LogP contribution in [0.2, 0.25) is 0 Å². The number of para-hydroxylation sites is 1. The first-order valence-electron chi connectivity index (χ1n) is 7.46. The lowest BCUT2D eigenvalue weighted by Gasteiger charge is -2.19. The normalized spacial score (nSPS) is 10.8. The van der Waals surface area contributed by atoms with Crippen molar-refractivity contribution in [2.75, 3.05) is 25.1 Å². The van der Waals surface area contributed by atoms with Crippen molar-refractivity contribution in [3.63, 3.8) is 0 Å². The summed E-state index contributed by atoms with van der Waals surface area (Å²) in [5.41, 5.74) is 3.47. The Hall–Kier alpha value is -1.84. The third kappa shape index (κ3) is 4.59. The average molecular weight is 285 g/mol. The third-order valence-electron chi connectivity index (χ3n) is 3.18. The van der Waals surface area contributed by atoms with Gasteiger partial charge in [0.2, 0.25) is 0 Å². The number of hydrogen-bond donors (Lipinski definition) is 1. The fourth-order valence-corrected chi connectivity index (χ4v) is 2.24. The zero-order valence-corrected chi connectivity index (χ0v) is 12.7. The first kappa shape index (κ1) is 15.5. The summed E-state index contributed by atoms with van der Waals surface area (Å²) in [6.07, 6.45) is -0.219. The van der Waals surface area contributed by atoms with Gasteiger partial charge in [0.15, 0.2) is 6.29 Å². The molecule has 2 rings (SSSR count). The maximum Gasteiger partial charge on any atom is 0.174 e. The quantitative estimate of drug-likeness (QED) is 0.739. The van der Waals surface area contributed by atoms with E-state index < -0.39 is 0 Å². The SMILES string of the molecule is CCOC(CNc1ccccc1-c1ccccc1)OCC. The highest BCUT2D eigenvalue weighted by Crippen LogP contribution is 2.27. The van der Waals surface area contributed by atoms with Crippen molar-refractivity contribution in [2.24, 2.45) is 0 Å². The Balaban J connectivity index is 2.10. The maximum atomic E-state index is 5.56. The molecule has 112 valence electrons. The first-order chi connectivity index (χ1) is 10.3. The summed E-state index contributed by atoms with van der Waals surface area (Å²) < 4.78 is 11.1. The summed E-state index contributed by atoms with van der Waals surface area (Å²) >= 11 is 0. The number of nitrogens with one attached hydrogen (secondary N) is 1. The molecule has 2 aromatic carbocycles. The molecule has 0 radical (unpaired) electrons. The van der Waals surface area contributed by atoms with Gasteiger partial charge in [0.25, 0.3) is 0 Å². The van der Waals surface area contributed by atoms with Crippen molar-refractivity contribution in [2.45, 2.75) is 20.1 Å². The fourth-order valence-electron chi connectivity index (χ4n) is 2.24. The minimum absolute atomic E-state index is 0.219. The van der Waals surface area contributed by atoms with E-state index >= 15 is 0 Å². The van der Waals surface area contributed by atoms with E-state index in [1.165, 1.54) is 11.1 Å². The molecule has 2 aromatic rings. The molecule has 21 heavy (non-hydrogen) atoms. The molecule has 0 bridgehead atoms. The summed E-state index contributed by atoms with van der Waals surface area (Å²) in [6, 6.07) is 18.6. The lowest BCUT2D eigenvalue weighted by atomic mass is 10.0. The zero-order valence-electron chi connectivity index (χ0n) is 12.7. The second kappa shape index (κ2) is 8.45. The molecule has 3 nitrogen and oxygen atoms in total. The molecule has 0 unspecified atom stereocenters. The molecule has 0 amide bonds. The summed E-state index contributed by atoms with van der Waals surface area (Å²) in [5, 5.41) is 3.43. The van der Waals surface area contributed by atoms with Crippen LogP contribution >= 0.6 is 0 Å². The minimum Gasteiger partial charge on any atom is -0.379 e. The van der Waals surface area contributed by atoms with Crippen LogP contribution in [0.15, 0.2) is 54.6 Å². The number of hydrogen-bond acceptors (Lipinski definition) is 3. The molecular formula is C18H23NO2. The lowest BCUT2D eigenvalue weighted by Crippen LogP contribution is -2.26. The predicted molar refractivity (Wildman–Crippen MR) is 87.4 cm³/mol. The van der Waals surface area contributed by atoms with Crippen LogP contribution in [0.5, 0.6) is 0 Å². The Bertz CT molecular complexity index is 522. The molecule has 3 heteroatoms. The van der Waals surface area contributed by atoms with Crippen LogP contribution in [0.3, 0.4) is 0 Å². The van der Waals surface area contributed by atoms with Gasteiger partial charge in [-0.3, -0.25) is 0 Å². The zero-order chi connectivity index (χ0) is 14.9. The van der Waals surface area contributed by atoms with Gasteiger partial charge in [-0.15, -0.1) is 0 Å². The van der Waals surface area contributed by atoms with Crippen LogP contribution in [0, 0.1) is 0 Å². The summed E-state index contributed by atoms with van der Waals surface area (Å²) in [5.74, 6) is 0. The standard InChI is InChI=1S/C18H23NO2/c1-3-20-18(21-4-2)14-19-17-13-9-8-12-16(17)15-10-6-5-7-11-15/h5-13,18-19H,3-4,14H2,1-2H3. The van der Waals surface area contributed by atoms with Crippen molar-refractivity contribution in [1.82, 2.24) is 0 Å². The van der Waals surface area contributed by atoms with Crippen LogP contribution in [0.4, 0.5) is 5.69 Å². The number of benzene rings is 2. The van der Waals surface area contributed by atoms with Gasteiger partial charge in [0, 0.05) is 24.5 Å². The van der Waals surface area contributed by atoms with Gasteiger partial charge in [-0.25, -0.2) is 0 Å². The van der Waals surface area contributed by atoms with Gasteiger partial charge < -0.3 is 14.8 Å². The van der Waals surface area contributed by atoms with Crippen molar-refractivity contribution in [3.8, 4) is 11.1 Å². The Morgan fingerprint density at radius 1 is 0.857 bits per heavy atom. The van der Waals surface area contributed by atoms with E-state index in [-0.39, 0.29) is 6.29 Å². The van der Waals surface area contributed by atoms with E-state index in [4.69, 9.17) is 9.47 Å². The predicted octanol–water partition coefficient (Wildman–Crippen LogP) is 4.16. The fraction of sp³-hybridized carbons (Fsp3) is 0.333. The van der Waals surface area contributed by atoms with Crippen LogP contribution in [-0.4, -0.2) is 26.0 Å². The number of ether oxygens (including phenoxy) is 2. The molecular weight excluding hydrogens is 262 g/mol. The molecule has 0 aliphatic carbocycles. The second-order valence-electron chi connectivity index (χ2n) is 4.63. The van der Waals surface area contributed by atoms with Gasteiger partial charge in [0.05, 0.1) is 6.54 Å². The smallest absolute Gasteiger partial charge is 0.174 e. The number of anilines is 1. The van der Waals surface area contributed by atoms with E-state index in [2.05, 4.69) is 47.8 Å². The van der Waals surface area contributed by atoms with Crippen LogP contribution < -0.4 is 5.32 Å². The van der Waals surface area contributed by atoms with Gasteiger partial charge >= 0.3 is 0 Å². The molecule has 1 N–H and O–H groups in total. The summed E-state index contributed by atoms with van der Waals surface area (Å²) in [6.45, 7) is 5.87. The molecule has 0 aliphatic heterocycles. The Morgan fingerprint density at radius 3 is 2.14 bits per heavy atom. The van der Waals surface area contributed by atoms with E-state index in [9.17, 15) is 0 Å². The van der Waals surface area contributed by atoms with Crippen molar-refractivity contribution in [3.05, 3.63) is 54.6 Å². The monoisotopic (exact) mass is 285 g/mol. The lowest BCUT2D eigenvalue weighted by molar-refractivity contribution is -0.126. The van der Waals surface area contributed by atoms with Crippen LogP contribution in [0.25, 0.3) is 11.1 Å². The van der Waals surface area contributed by atoms with Crippen LogP contribution in [-0.2, 0) is 9.47 Å². The van der Waals surface area contributed by atoms with E-state index in [1.807, 2.05) is 26.0 Å². The Labute approximate surface area is 126 Å². The second-order valence-corrected chi connectivity index (χ2v) is 4.63. The molecule has 0 spiro atoms. The molecule has 0 saturated carbocycles. The molecule has 0 aliphatic rings. The van der Waals surface area contributed by atoms with Crippen molar-refractivity contribution >= 4 is 5.69 Å². The highest BCUT2D eigenvalue weighted by atomic mass is 16.7. The Morgan fingerprint density at radius 2 is 1.48 bits per heavy atom. The Kier molecular flexibility index (Phi) is 6.25. The highest BCUT2D eigenvalue weighted by Gasteiger charge is 2.09. The van der Waals surface area contributed by atoms with Gasteiger partial charge in [-0.2, -0.15) is 0 Å². The highest BCUT2D eigenvalue weighted by molar-refractivity contribution is 5.77. The molecule has 0 aromatic heterocycles.